The lowest BCUT2D eigenvalue weighted by atomic mass is 9.43. The Labute approximate surface area is 362 Å². The monoisotopic (exact) mass is 794 g/mol. The molecule has 5 aliphatic carbocycles. The van der Waals surface area contributed by atoms with Gasteiger partial charge in [0.25, 0.3) is 0 Å². The molecule has 2 heteroatoms. The van der Waals surface area contributed by atoms with Crippen molar-refractivity contribution >= 4 is 60.4 Å². The van der Waals surface area contributed by atoms with Crippen LogP contribution >= 0.6 is 0 Å². The number of aromatic nitrogens is 1. The summed E-state index contributed by atoms with van der Waals surface area (Å²) in [5.41, 5.74) is 16.0. The molecular formula is C60H46N2. The van der Waals surface area contributed by atoms with E-state index in [1.165, 1.54) is 109 Å². The first kappa shape index (κ1) is 34.8. The maximum absolute atomic E-state index is 2.62. The molecule has 15 rings (SSSR count). The fraction of sp³-hybridized carbons (Fsp3) is 0.167. The van der Waals surface area contributed by atoms with Crippen molar-refractivity contribution in [2.75, 3.05) is 4.90 Å². The van der Waals surface area contributed by atoms with E-state index in [1.807, 2.05) is 0 Å². The Morgan fingerprint density at radius 1 is 0.419 bits per heavy atom. The Morgan fingerprint density at radius 3 is 1.87 bits per heavy atom. The van der Waals surface area contributed by atoms with E-state index >= 15 is 0 Å². The van der Waals surface area contributed by atoms with Gasteiger partial charge in [0.2, 0.25) is 0 Å². The van der Waals surface area contributed by atoms with Crippen molar-refractivity contribution < 1.29 is 0 Å². The summed E-state index contributed by atoms with van der Waals surface area (Å²) in [7, 11) is 0. The van der Waals surface area contributed by atoms with E-state index < -0.39 is 0 Å². The van der Waals surface area contributed by atoms with Crippen LogP contribution in [-0.2, 0) is 5.41 Å². The van der Waals surface area contributed by atoms with Gasteiger partial charge in [0.15, 0.2) is 0 Å². The van der Waals surface area contributed by atoms with Crippen LogP contribution in [0.3, 0.4) is 0 Å². The Kier molecular flexibility index (Phi) is 7.32. The topological polar surface area (TPSA) is 8.17 Å². The highest BCUT2D eigenvalue weighted by atomic mass is 15.1. The van der Waals surface area contributed by atoms with Crippen LogP contribution in [0, 0.1) is 23.7 Å². The van der Waals surface area contributed by atoms with Crippen LogP contribution in [-0.4, -0.2) is 4.57 Å². The summed E-state index contributed by atoms with van der Waals surface area (Å²) in [5, 5.41) is 7.46. The van der Waals surface area contributed by atoms with Gasteiger partial charge in [0.05, 0.1) is 22.4 Å². The fourth-order valence-corrected chi connectivity index (χ4v) is 13.7. The van der Waals surface area contributed by atoms with Crippen LogP contribution < -0.4 is 4.90 Å². The zero-order valence-corrected chi connectivity index (χ0v) is 34.7. The van der Waals surface area contributed by atoms with Gasteiger partial charge in [-0.15, -0.1) is 0 Å². The van der Waals surface area contributed by atoms with Crippen LogP contribution in [0.4, 0.5) is 17.1 Å². The molecule has 0 N–H and O–H groups in total. The lowest BCUT2D eigenvalue weighted by Crippen LogP contribution is -2.55. The van der Waals surface area contributed by atoms with Crippen LogP contribution in [0.5, 0.6) is 0 Å². The molecule has 4 bridgehead atoms. The second-order valence-electron chi connectivity index (χ2n) is 18.9. The normalized spacial score (nSPS) is 21.9. The number of fused-ring (bicyclic) bond motifs is 8. The number of rotatable bonds is 5. The van der Waals surface area contributed by atoms with Crippen molar-refractivity contribution in [3.63, 3.8) is 0 Å². The summed E-state index contributed by atoms with van der Waals surface area (Å²) in [5.74, 6) is 3.36. The molecule has 0 amide bonds. The number of nitrogens with zero attached hydrogens (tertiary/aromatic N) is 2. The van der Waals surface area contributed by atoms with Gasteiger partial charge in [-0.25, -0.2) is 0 Å². The van der Waals surface area contributed by atoms with E-state index in [-0.39, 0.29) is 5.41 Å². The molecule has 1 heterocycles. The average molecular weight is 795 g/mol. The SMILES string of the molecule is c1ccc(-n2c3ccccc3c3c(N(c4ccc(-c5ccc6c(c5)C5(c7ccccc7-6)C6CC7CC(C6)CC5C7)cc4)c4cccc5cc6ccccc6cc45)cccc32)cc1. The van der Waals surface area contributed by atoms with Gasteiger partial charge in [-0.3, -0.25) is 0 Å². The van der Waals surface area contributed by atoms with Gasteiger partial charge in [-0.2, -0.15) is 0 Å². The molecule has 0 aliphatic heterocycles. The molecule has 9 aromatic carbocycles. The minimum Gasteiger partial charge on any atom is -0.309 e. The van der Waals surface area contributed by atoms with E-state index in [4.69, 9.17) is 0 Å². The van der Waals surface area contributed by atoms with E-state index in [1.54, 1.807) is 11.1 Å². The van der Waals surface area contributed by atoms with E-state index in [0.29, 0.717) is 0 Å². The largest absolute Gasteiger partial charge is 0.309 e. The van der Waals surface area contributed by atoms with Gasteiger partial charge in [0.1, 0.15) is 0 Å². The van der Waals surface area contributed by atoms with Crippen molar-refractivity contribution in [3.8, 4) is 27.9 Å². The second-order valence-corrected chi connectivity index (χ2v) is 18.9. The molecule has 1 aromatic heterocycles. The molecule has 2 nitrogen and oxygen atoms in total. The Bertz CT molecular complexity index is 3400. The first-order valence-electron chi connectivity index (χ1n) is 22.8. The maximum atomic E-state index is 2.62. The van der Waals surface area contributed by atoms with Gasteiger partial charge >= 0.3 is 0 Å². The molecule has 5 aliphatic rings. The summed E-state index contributed by atoms with van der Waals surface area (Å²) in [6, 6.07) is 73.3. The lowest BCUT2D eigenvalue weighted by Gasteiger charge is -2.61. The van der Waals surface area contributed by atoms with Gasteiger partial charge < -0.3 is 9.47 Å². The van der Waals surface area contributed by atoms with Gasteiger partial charge in [0, 0.05) is 32.9 Å². The minimum absolute atomic E-state index is 0.155. The predicted octanol–water partition coefficient (Wildman–Crippen LogP) is 15.9. The average Bonchev–Trinajstić information content (AvgIpc) is 3.81. The third-order valence-corrected chi connectivity index (χ3v) is 15.9. The minimum atomic E-state index is 0.155. The quantitative estimate of drug-likeness (QED) is 0.158. The van der Waals surface area contributed by atoms with Crippen molar-refractivity contribution in [1.82, 2.24) is 4.57 Å². The Balaban J connectivity index is 0.959. The fourth-order valence-electron chi connectivity index (χ4n) is 13.7. The summed E-state index contributed by atoms with van der Waals surface area (Å²) in [6.07, 6.45) is 7.07. The van der Waals surface area contributed by atoms with Crippen LogP contribution in [0.15, 0.2) is 194 Å². The van der Waals surface area contributed by atoms with Crippen LogP contribution in [0.1, 0.15) is 43.2 Å². The molecule has 0 atom stereocenters. The van der Waals surface area contributed by atoms with Crippen molar-refractivity contribution in [1.29, 1.82) is 0 Å². The highest BCUT2D eigenvalue weighted by Crippen LogP contribution is 2.69. The molecule has 4 saturated carbocycles. The summed E-state index contributed by atoms with van der Waals surface area (Å²) >= 11 is 0. The third kappa shape index (κ3) is 4.81. The predicted molar refractivity (Wildman–Crippen MR) is 259 cm³/mol. The second kappa shape index (κ2) is 13.1. The molecule has 62 heavy (non-hydrogen) atoms. The molecule has 0 unspecified atom stereocenters. The smallest absolute Gasteiger partial charge is 0.0562 e. The highest BCUT2D eigenvalue weighted by Gasteiger charge is 2.61. The first-order chi connectivity index (χ1) is 30.7. The highest BCUT2D eigenvalue weighted by molar-refractivity contribution is 6.18. The molecule has 1 spiro atoms. The first-order valence-corrected chi connectivity index (χ1v) is 22.8. The zero-order valence-electron chi connectivity index (χ0n) is 34.7. The maximum Gasteiger partial charge on any atom is 0.0562 e. The van der Waals surface area contributed by atoms with Crippen LogP contribution in [0.2, 0.25) is 0 Å². The lowest BCUT2D eigenvalue weighted by molar-refractivity contribution is -0.0399. The molecular weight excluding hydrogens is 749 g/mol. The molecule has 4 fully saturated rings. The molecule has 10 aromatic rings. The Morgan fingerprint density at radius 2 is 1.05 bits per heavy atom. The number of benzene rings is 9. The zero-order chi connectivity index (χ0) is 40.5. The van der Waals surface area contributed by atoms with Crippen molar-refractivity contribution in [3.05, 3.63) is 205 Å². The van der Waals surface area contributed by atoms with E-state index in [9.17, 15) is 0 Å². The van der Waals surface area contributed by atoms with Gasteiger partial charge in [-0.1, -0.05) is 127 Å². The molecule has 0 saturated heterocycles. The van der Waals surface area contributed by atoms with Crippen molar-refractivity contribution in [2.24, 2.45) is 23.7 Å². The van der Waals surface area contributed by atoms with Crippen molar-refractivity contribution in [2.45, 2.75) is 37.5 Å². The van der Waals surface area contributed by atoms with Crippen LogP contribution in [0.25, 0.3) is 71.3 Å². The molecule has 0 radical (unpaired) electrons. The van der Waals surface area contributed by atoms with E-state index in [0.717, 1.165) is 35.0 Å². The number of hydrogen-bond donors (Lipinski definition) is 0. The summed E-state index contributed by atoms with van der Waals surface area (Å²) < 4.78 is 2.43. The van der Waals surface area contributed by atoms with E-state index in [2.05, 4.69) is 204 Å². The standard InChI is InChI=1S/C60H46N2/c1-2-15-47(16-3-1)61-55-20-9-7-18-51(55)59-57(61)22-11-23-58(59)62(56-21-10-14-44-35-41-12-4-5-13-42(41)36-52(44)56)48-27-24-40(25-28-48)43-26-29-50-49-17-6-8-19-53(49)60(54(50)37-43)45-31-38-30-39(33-45)34-46(60)32-38/h1-29,35-39,45-46H,30-34H2. The summed E-state index contributed by atoms with van der Waals surface area (Å²) in [6.45, 7) is 0. The van der Waals surface area contributed by atoms with Gasteiger partial charge in [-0.05, 0) is 172 Å². The third-order valence-electron chi connectivity index (χ3n) is 15.9. The Hall–Kier alpha value is -6.90. The number of hydrogen-bond acceptors (Lipinski definition) is 1. The number of anilines is 3. The number of para-hydroxylation sites is 2. The summed E-state index contributed by atoms with van der Waals surface area (Å²) in [4.78, 5) is 2.52. The molecule has 296 valence electrons.